The lowest BCUT2D eigenvalue weighted by Crippen LogP contribution is -2.38. The van der Waals surface area contributed by atoms with Gasteiger partial charge in [0, 0.05) is 411 Å². The average Bonchev–Trinajstić information content (AvgIpc) is 2.04. The first-order valence-corrected chi connectivity index (χ1v) is 25.3. The number of nitrogens with one attached hydrogen (secondary N) is 1. The predicted molar refractivity (Wildman–Crippen MR) is 375 cm³/mol. The molecule has 0 saturated heterocycles. The van der Waals surface area contributed by atoms with Crippen molar-refractivity contribution in [3.63, 3.8) is 0 Å². The number of hydrogen-bond donors (Lipinski definition) is 1. The Hall–Kier alpha value is -19.7. The molecular formula is C92H16N2O3. The minimum absolute atomic E-state index is 0.0513. The number of imide groups is 1. The van der Waals surface area contributed by atoms with Crippen LogP contribution in [0, 0.1) is 486 Å². The van der Waals surface area contributed by atoms with Crippen molar-refractivity contribution >= 4 is 17.7 Å². The Morgan fingerprint density at radius 3 is 0.495 bits per heavy atom. The second kappa shape index (κ2) is 68.8. The fraction of sp³-hybridized carbons (Fsp3) is 0.0543. The zero-order chi connectivity index (χ0) is 69.8. The normalized spacial score (nSPS) is 5.62. The molecule has 0 aromatic rings. The number of carbonyl (C=O) groups is 3. The molecule has 0 aromatic carbocycles. The van der Waals surface area contributed by atoms with Gasteiger partial charge in [0.05, 0.1) is 0 Å². The zero-order valence-electron chi connectivity index (χ0n) is 49.8. The van der Waals surface area contributed by atoms with Gasteiger partial charge in [-0.2, -0.15) is 0 Å². The molecule has 1 N–H and O–H groups in total. The molecule has 5 nitrogen and oxygen atoms in total. The lowest BCUT2D eigenvalue weighted by atomic mass is 10.3. The van der Waals surface area contributed by atoms with E-state index >= 15 is 0 Å². The highest BCUT2D eigenvalue weighted by Crippen LogP contribution is 2.01. The number of nitrogens with zero attached hydrogens (tertiary/aromatic N) is 1. The van der Waals surface area contributed by atoms with Crippen LogP contribution >= 0.6 is 0 Å². The van der Waals surface area contributed by atoms with Crippen LogP contribution in [0.25, 0.3) is 0 Å². The first-order chi connectivity index (χ1) is 48.1. The lowest BCUT2D eigenvalue weighted by Gasteiger charge is -2.13. The van der Waals surface area contributed by atoms with E-state index in [4.69, 9.17) is 12.8 Å². The third kappa shape index (κ3) is 63.7. The van der Waals surface area contributed by atoms with Gasteiger partial charge in [-0.15, -0.1) is 12.8 Å². The summed E-state index contributed by atoms with van der Waals surface area (Å²) in [4.78, 5) is 34.4. The van der Waals surface area contributed by atoms with E-state index in [-0.39, 0.29) is 24.3 Å². The van der Waals surface area contributed by atoms with Crippen molar-refractivity contribution in [2.45, 2.75) is 19.8 Å². The Morgan fingerprint density at radius 1 is 0.258 bits per heavy atom. The van der Waals surface area contributed by atoms with Crippen LogP contribution in [0.5, 0.6) is 0 Å². The summed E-state index contributed by atoms with van der Waals surface area (Å²) in [7, 11) is 0. The largest absolute Gasteiger partial charge is 0.354 e. The third-order valence-corrected chi connectivity index (χ3v) is 6.99. The molecule has 97 heavy (non-hydrogen) atoms. The van der Waals surface area contributed by atoms with Gasteiger partial charge < -0.3 is 5.32 Å². The van der Waals surface area contributed by atoms with E-state index in [2.05, 4.69) is 479 Å². The molecule has 1 aliphatic rings. The smallest absolute Gasteiger partial charge is 0.253 e. The summed E-state index contributed by atoms with van der Waals surface area (Å²) in [5.41, 5.74) is 0. The van der Waals surface area contributed by atoms with E-state index in [0.717, 1.165) is 11.3 Å². The summed E-state index contributed by atoms with van der Waals surface area (Å²) in [5.74, 6) is 197. The van der Waals surface area contributed by atoms with E-state index in [1.54, 1.807) is 0 Å². The van der Waals surface area contributed by atoms with Gasteiger partial charge in [0.2, 0.25) is 5.91 Å². The van der Waals surface area contributed by atoms with E-state index in [1.807, 2.05) is 6.92 Å². The van der Waals surface area contributed by atoms with Crippen LogP contribution in [0.15, 0.2) is 12.2 Å². The molecule has 0 spiro atoms. The molecule has 0 radical (unpaired) electrons. The van der Waals surface area contributed by atoms with Crippen molar-refractivity contribution in [2.75, 3.05) is 13.1 Å². The molecule has 0 bridgehead atoms. The molecule has 412 valence electrons. The van der Waals surface area contributed by atoms with Crippen molar-refractivity contribution in [2.24, 2.45) is 0 Å². The summed E-state index contributed by atoms with van der Waals surface area (Å²) in [6.45, 7) is 2.47. The van der Waals surface area contributed by atoms with Crippen LogP contribution in [0.2, 0.25) is 0 Å². The van der Waals surface area contributed by atoms with Crippen molar-refractivity contribution in [3.05, 3.63) is 12.2 Å². The molecule has 0 atom stereocenters. The number of rotatable bonds is 5. The fourth-order valence-corrected chi connectivity index (χ4v) is 3.72. The summed E-state index contributed by atoms with van der Waals surface area (Å²) < 4.78 is 0. The number of amides is 3. The van der Waals surface area contributed by atoms with Crippen molar-refractivity contribution in [1.29, 1.82) is 0 Å². The molecule has 0 aromatic heterocycles. The van der Waals surface area contributed by atoms with Crippen LogP contribution in [-0.4, -0.2) is 35.7 Å². The van der Waals surface area contributed by atoms with Crippen LogP contribution in [0.4, 0.5) is 0 Å². The molecule has 0 unspecified atom stereocenters. The monoisotopic (exact) mass is 1200 g/mol. The van der Waals surface area contributed by atoms with Gasteiger partial charge in [0.15, 0.2) is 0 Å². The highest BCUT2D eigenvalue weighted by atomic mass is 16.2. The van der Waals surface area contributed by atoms with Gasteiger partial charge >= 0.3 is 0 Å². The third-order valence-electron chi connectivity index (χ3n) is 6.99. The standard InChI is InChI=1S/C82H2.C10H14N2O3/c1-3-5-7-9-11-13-15-17-19-21-23-25-27-29-31-33-35-37-39-41-43-45-47-49-51-53-55-57-59-61-63-65-67-69-71-73-75-77-79-81-82-80-78-76-74-72-70-68-66-64-62-60-58-56-54-52-50-48-46-44-42-40-38-36-34-32-30-28-26-24-22-20-18-16-14-12-10-8-6-4-2;1-2-3-8(13)11-6-7-12-9(14)4-5-10(12)15/h1-2H;4-5H,2-3,6-7H2,1H3,(H,11,13). The number of terminal acetylenes is 2. The molecule has 1 rings (SSSR count). The van der Waals surface area contributed by atoms with E-state index in [1.165, 1.54) is 12.2 Å². The molecule has 1 heterocycles. The summed E-state index contributed by atoms with van der Waals surface area (Å²) in [6.07, 6.45) is 13.6. The van der Waals surface area contributed by atoms with Crippen LogP contribution < -0.4 is 5.32 Å². The Labute approximate surface area is 570 Å². The summed E-state index contributed by atoms with van der Waals surface area (Å²) >= 11 is 0. The topological polar surface area (TPSA) is 66.5 Å². The molecule has 1 aliphatic heterocycles. The first-order valence-electron chi connectivity index (χ1n) is 25.3. The highest BCUT2D eigenvalue weighted by Gasteiger charge is 2.22. The average molecular weight is 1200 g/mol. The molecule has 0 aliphatic carbocycles. The van der Waals surface area contributed by atoms with Crippen LogP contribution in [0.1, 0.15) is 19.8 Å². The zero-order valence-corrected chi connectivity index (χ0v) is 49.8. The van der Waals surface area contributed by atoms with E-state index in [0.29, 0.717) is 13.0 Å². The maximum absolute atomic E-state index is 11.1. The first kappa shape index (κ1) is 77.3. The highest BCUT2D eigenvalue weighted by molar-refractivity contribution is 6.12. The Kier molecular flexibility index (Phi) is 54.8. The Morgan fingerprint density at radius 2 is 0.381 bits per heavy atom. The second-order valence-corrected chi connectivity index (χ2v) is 13.3. The quantitative estimate of drug-likeness (QED) is 0.317. The van der Waals surface area contributed by atoms with Crippen molar-refractivity contribution < 1.29 is 14.4 Å². The second-order valence-electron chi connectivity index (χ2n) is 13.3. The SMILES string of the molecule is C#CC#CC#CC#CC#CC#CC#CC#CC#CC#CC#CC#CC#CC#CC#CC#CC#CC#CC#CC#CC#CC#CC#CC#CC#CC#CC#CC#CC#CC#CC#CC#CC#CC#CC#CC#CC#CC#CC#CC#CC#C.CCCC(=O)NCCN1C(=O)C=CC1=O. The molecular weight excluding hydrogens is 1180 g/mol. The van der Waals surface area contributed by atoms with Gasteiger partial charge in [-0.3, -0.25) is 19.3 Å². The van der Waals surface area contributed by atoms with Crippen LogP contribution in [0.3, 0.4) is 0 Å². The van der Waals surface area contributed by atoms with Crippen molar-refractivity contribution in [1.82, 2.24) is 10.2 Å². The fourth-order valence-electron chi connectivity index (χ4n) is 3.72. The van der Waals surface area contributed by atoms with Crippen molar-refractivity contribution in [3.8, 4) is 486 Å². The Bertz CT molecular complexity index is 5860. The van der Waals surface area contributed by atoms with E-state index in [9.17, 15) is 14.4 Å². The van der Waals surface area contributed by atoms with Gasteiger partial charge in [-0.25, -0.2) is 0 Å². The maximum Gasteiger partial charge on any atom is 0.253 e. The van der Waals surface area contributed by atoms with Gasteiger partial charge in [-0.1, -0.05) is 6.92 Å². The number of carbonyl (C=O) groups excluding carboxylic acids is 3. The molecule has 3 amide bonds. The summed E-state index contributed by atoms with van der Waals surface area (Å²) in [5, 5.41) is 2.64. The predicted octanol–water partition coefficient (Wildman–Crippen LogP) is 0.213. The number of hydrogen-bond acceptors (Lipinski definition) is 3. The minimum atomic E-state index is -0.315. The Balaban J connectivity index is 0.00000536. The van der Waals surface area contributed by atoms with Gasteiger partial charge in [0.25, 0.3) is 11.8 Å². The molecule has 0 fully saturated rings. The van der Waals surface area contributed by atoms with Crippen LogP contribution in [-0.2, 0) is 14.4 Å². The van der Waals surface area contributed by atoms with Gasteiger partial charge in [0.1, 0.15) is 0 Å². The summed E-state index contributed by atoms with van der Waals surface area (Å²) in [6, 6.07) is 0. The van der Waals surface area contributed by atoms with E-state index < -0.39 is 0 Å². The minimum Gasteiger partial charge on any atom is -0.354 e. The lowest BCUT2D eigenvalue weighted by molar-refractivity contribution is -0.137. The maximum atomic E-state index is 11.1. The van der Waals surface area contributed by atoms with Gasteiger partial charge in [-0.05, 0) is 101 Å². The molecule has 0 saturated carbocycles. The molecule has 5 heteroatoms.